The van der Waals surface area contributed by atoms with Crippen LogP contribution < -0.4 is 10.6 Å². The number of hydrogen-bond donors (Lipinski definition) is 2. The van der Waals surface area contributed by atoms with Crippen molar-refractivity contribution in [2.75, 3.05) is 12.4 Å². The van der Waals surface area contributed by atoms with Crippen molar-refractivity contribution in [2.45, 2.75) is 77.0 Å². The Labute approximate surface area is 170 Å². The number of imidazole rings is 1. The smallest absolute Gasteiger partial charge is 0.337 e. The molecule has 28 heavy (non-hydrogen) atoms. The summed E-state index contributed by atoms with van der Waals surface area (Å²) in [6.07, 6.45) is 5.50. The molecule has 0 bridgehead atoms. The van der Waals surface area contributed by atoms with Crippen LogP contribution in [0.15, 0.2) is 16.4 Å². The van der Waals surface area contributed by atoms with Gasteiger partial charge < -0.3 is 19.9 Å². The van der Waals surface area contributed by atoms with Gasteiger partial charge in [0.1, 0.15) is 0 Å². The Morgan fingerprint density at radius 2 is 2.00 bits per heavy atom. The molecular weight excluding hydrogens is 376 g/mol. The van der Waals surface area contributed by atoms with E-state index < -0.39 is 0 Å². The van der Waals surface area contributed by atoms with E-state index in [4.69, 9.17) is 9.72 Å². The summed E-state index contributed by atoms with van der Waals surface area (Å²) in [7, 11) is 0. The Hall–Kier alpha value is -1.96. The van der Waals surface area contributed by atoms with Gasteiger partial charge in [0.25, 0.3) is 0 Å². The maximum absolute atomic E-state index is 12.5. The Morgan fingerprint density at radius 1 is 1.29 bits per heavy atom. The van der Waals surface area contributed by atoms with Crippen LogP contribution in [0.2, 0.25) is 0 Å². The number of thioether (sulfide) groups is 1. The Kier molecular flexibility index (Phi) is 6.69. The second kappa shape index (κ2) is 9.03. The minimum absolute atomic E-state index is 0.276. The minimum atomic E-state index is -0.371. The number of hydrogen-bond acceptors (Lipinski definition) is 5. The lowest BCUT2D eigenvalue weighted by atomic mass is 10.0. The van der Waals surface area contributed by atoms with Crippen LogP contribution in [0, 0.1) is 13.8 Å². The SMILES string of the molecule is CCOC(=O)C1=C(CSc2nc(C)c(C)n2C2CCCC2)NC(=O)N[C@@H]1CC. The number of nitrogens with one attached hydrogen (secondary N) is 2. The van der Waals surface area contributed by atoms with Gasteiger partial charge in [0.15, 0.2) is 5.16 Å². The highest BCUT2D eigenvalue weighted by atomic mass is 32.2. The van der Waals surface area contributed by atoms with Crippen LogP contribution in [0.4, 0.5) is 4.79 Å². The lowest BCUT2D eigenvalue weighted by Gasteiger charge is -2.28. The fraction of sp³-hybridized carbons (Fsp3) is 0.650. The summed E-state index contributed by atoms with van der Waals surface area (Å²) < 4.78 is 7.59. The van der Waals surface area contributed by atoms with Gasteiger partial charge in [-0.15, -0.1) is 0 Å². The van der Waals surface area contributed by atoms with Crippen LogP contribution in [-0.2, 0) is 9.53 Å². The monoisotopic (exact) mass is 406 g/mol. The van der Waals surface area contributed by atoms with E-state index in [1.165, 1.54) is 31.4 Å². The molecular formula is C20H30N4O3S. The lowest BCUT2D eigenvalue weighted by molar-refractivity contribution is -0.139. The van der Waals surface area contributed by atoms with E-state index in [9.17, 15) is 9.59 Å². The van der Waals surface area contributed by atoms with Crippen LogP contribution in [0.1, 0.15) is 63.4 Å². The molecule has 154 valence electrons. The summed E-state index contributed by atoms with van der Waals surface area (Å²) in [4.78, 5) is 29.4. The molecule has 0 spiro atoms. The van der Waals surface area contributed by atoms with Crippen LogP contribution in [0.25, 0.3) is 0 Å². The number of amides is 2. The molecule has 8 heteroatoms. The molecule has 0 unspecified atom stereocenters. The van der Waals surface area contributed by atoms with Crippen molar-refractivity contribution in [1.82, 2.24) is 20.2 Å². The summed E-state index contributed by atoms with van der Waals surface area (Å²) >= 11 is 1.57. The molecule has 2 aliphatic rings. The Balaban J connectivity index is 1.87. The van der Waals surface area contributed by atoms with Gasteiger partial charge in [0, 0.05) is 23.2 Å². The molecule has 3 rings (SSSR count). The number of ether oxygens (including phenoxy) is 1. The standard InChI is InChI=1S/C20H30N4O3S/c1-5-15-17(18(25)27-6-2)16(23-19(26)22-15)11-28-20-21-12(3)13(4)24(20)14-9-7-8-10-14/h14-15H,5-11H2,1-4H3,(H2,22,23,26)/t15-/m1/s1. The average molecular weight is 407 g/mol. The average Bonchev–Trinajstić information content (AvgIpc) is 3.28. The Bertz CT molecular complexity index is 781. The first-order chi connectivity index (χ1) is 13.5. The number of esters is 1. The molecule has 0 radical (unpaired) electrons. The Morgan fingerprint density at radius 3 is 2.64 bits per heavy atom. The second-order valence-corrected chi connectivity index (χ2v) is 8.28. The largest absolute Gasteiger partial charge is 0.463 e. The highest BCUT2D eigenvalue weighted by Gasteiger charge is 2.32. The number of urea groups is 1. The van der Waals surface area contributed by atoms with Crippen molar-refractivity contribution in [3.63, 3.8) is 0 Å². The van der Waals surface area contributed by atoms with Crippen molar-refractivity contribution >= 4 is 23.8 Å². The fourth-order valence-corrected chi connectivity index (χ4v) is 5.13. The van der Waals surface area contributed by atoms with Crippen LogP contribution >= 0.6 is 11.8 Å². The van der Waals surface area contributed by atoms with Crippen molar-refractivity contribution < 1.29 is 14.3 Å². The minimum Gasteiger partial charge on any atom is -0.463 e. The van der Waals surface area contributed by atoms with Crippen LogP contribution in [0.5, 0.6) is 0 Å². The number of carbonyl (C=O) groups is 2. The van der Waals surface area contributed by atoms with Gasteiger partial charge in [-0.2, -0.15) is 0 Å². The molecule has 0 saturated heterocycles. The van der Waals surface area contributed by atoms with Crippen LogP contribution in [-0.4, -0.2) is 40.0 Å². The molecule has 1 aromatic heterocycles. The van der Waals surface area contributed by atoms with E-state index in [0.29, 0.717) is 36.1 Å². The van der Waals surface area contributed by atoms with E-state index in [2.05, 4.69) is 22.1 Å². The number of aryl methyl sites for hydroxylation is 1. The summed E-state index contributed by atoms with van der Waals surface area (Å²) in [5.74, 6) is 0.102. The maximum atomic E-state index is 12.5. The van der Waals surface area contributed by atoms with Gasteiger partial charge >= 0.3 is 12.0 Å². The molecule has 1 fully saturated rings. The molecule has 7 nitrogen and oxygen atoms in total. The molecule has 2 amide bonds. The van der Waals surface area contributed by atoms with E-state index in [-0.39, 0.29) is 18.0 Å². The first-order valence-electron chi connectivity index (χ1n) is 10.1. The summed E-state index contributed by atoms with van der Waals surface area (Å²) in [5, 5.41) is 6.59. The highest BCUT2D eigenvalue weighted by Crippen LogP contribution is 2.36. The topological polar surface area (TPSA) is 85.2 Å². The van der Waals surface area contributed by atoms with Gasteiger partial charge in [-0.1, -0.05) is 31.5 Å². The molecule has 2 heterocycles. The zero-order valence-electron chi connectivity index (χ0n) is 17.1. The van der Waals surface area contributed by atoms with E-state index in [1.54, 1.807) is 18.7 Å². The zero-order valence-corrected chi connectivity index (χ0v) is 17.9. The molecule has 2 N–H and O–H groups in total. The van der Waals surface area contributed by atoms with Crippen molar-refractivity contribution in [3.8, 4) is 0 Å². The first-order valence-corrected chi connectivity index (χ1v) is 11.1. The van der Waals surface area contributed by atoms with Crippen molar-refractivity contribution in [3.05, 3.63) is 22.7 Å². The molecule has 1 aliphatic carbocycles. The zero-order chi connectivity index (χ0) is 20.3. The highest BCUT2D eigenvalue weighted by molar-refractivity contribution is 7.99. The van der Waals surface area contributed by atoms with Gasteiger partial charge in [0.2, 0.25) is 0 Å². The molecule has 0 aromatic carbocycles. The first kappa shape index (κ1) is 20.8. The molecule has 1 aromatic rings. The normalized spacial score (nSPS) is 20.3. The second-order valence-electron chi connectivity index (χ2n) is 7.33. The predicted molar refractivity (Wildman–Crippen MR) is 109 cm³/mol. The molecule has 1 atom stereocenters. The van der Waals surface area contributed by atoms with Crippen molar-refractivity contribution in [1.29, 1.82) is 0 Å². The van der Waals surface area contributed by atoms with Gasteiger partial charge in [-0.25, -0.2) is 14.6 Å². The number of carbonyl (C=O) groups excluding carboxylic acids is 2. The number of nitrogens with zero attached hydrogens (tertiary/aromatic N) is 2. The molecule has 1 saturated carbocycles. The third kappa shape index (κ3) is 4.21. The summed E-state index contributed by atoms with van der Waals surface area (Å²) in [5.41, 5.74) is 3.38. The maximum Gasteiger partial charge on any atom is 0.337 e. The third-order valence-corrected chi connectivity index (χ3v) is 6.52. The predicted octanol–water partition coefficient (Wildman–Crippen LogP) is 3.62. The van der Waals surface area contributed by atoms with E-state index in [1.807, 2.05) is 13.8 Å². The fourth-order valence-electron chi connectivity index (χ4n) is 4.00. The summed E-state index contributed by atoms with van der Waals surface area (Å²) in [6.45, 7) is 8.19. The number of rotatable bonds is 7. The number of aromatic nitrogens is 2. The van der Waals surface area contributed by atoms with Crippen LogP contribution in [0.3, 0.4) is 0 Å². The quantitative estimate of drug-likeness (QED) is 0.534. The lowest BCUT2D eigenvalue weighted by Crippen LogP contribution is -2.50. The van der Waals surface area contributed by atoms with Gasteiger partial charge in [0.05, 0.1) is 23.9 Å². The molecule has 1 aliphatic heterocycles. The van der Waals surface area contributed by atoms with Crippen molar-refractivity contribution in [2.24, 2.45) is 0 Å². The third-order valence-electron chi connectivity index (χ3n) is 5.54. The summed E-state index contributed by atoms with van der Waals surface area (Å²) in [6, 6.07) is -0.114. The van der Waals surface area contributed by atoms with Gasteiger partial charge in [-0.3, -0.25) is 0 Å². The van der Waals surface area contributed by atoms with E-state index >= 15 is 0 Å². The van der Waals surface area contributed by atoms with E-state index in [0.717, 1.165) is 10.9 Å². The van der Waals surface area contributed by atoms with Gasteiger partial charge in [-0.05, 0) is 40.0 Å².